The fourth-order valence-corrected chi connectivity index (χ4v) is 3.37. The molecule has 0 bridgehead atoms. The van der Waals surface area contributed by atoms with Gasteiger partial charge < -0.3 is 10.1 Å². The summed E-state index contributed by atoms with van der Waals surface area (Å²) in [7, 11) is 0. The van der Waals surface area contributed by atoms with Gasteiger partial charge in [0.1, 0.15) is 6.54 Å². The number of imide groups is 1. The number of nitrogens with one attached hydrogen (secondary N) is 1. The second-order valence-corrected chi connectivity index (χ2v) is 6.72. The van der Waals surface area contributed by atoms with Crippen LogP contribution in [-0.4, -0.2) is 47.3 Å². The molecule has 1 fully saturated rings. The number of esters is 1. The van der Waals surface area contributed by atoms with E-state index in [0.717, 1.165) is 30.6 Å². The van der Waals surface area contributed by atoms with Crippen LogP contribution in [0.4, 0.5) is 0 Å². The van der Waals surface area contributed by atoms with Crippen LogP contribution in [0.15, 0.2) is 24.3 Å². The lowest BCUT2D eigenvalue weighted by atomic mass is 9.95. The number of rotatable bonds is 5. The SMILES string of the molecule is C[C@@H](OC(=O)CN1C(=O)c2ccccc2C1=O)C(=O)NC1CCCCC1. The number of carbonyl (C=O) groups excluding carboxylic acids is 4. The summed E-state index contributed by atoms with van der Waals surface area (Å²) in [5.74, 6) is -2.19. The molecular weight excluding hydrogens is 336 g/mol. The normalized spacial score (nSPS) is 18.4. The summed E-state index contributed by atoms with van der Waals surface area (Å²) in [6.07, 6.45) is 4.23. The Labute approximate surface area is 151 Å². The molecule has 0 unspecified atom stereocenters. The van der Waals surface area contributed by atoms with Crippen molar-refractivity contribution in [2.75, 3.05) is 6.54 Å². The quantitative estimate of drug-likeness (QED) is 0.638. The number of nitrogens with zero attached hydrogens (tertiary/aromatic N) is 1. The molecule has 1 aliphatic carbocycles. The van der Waals surface area contributed by atoms with Gasteiger partial charge in [-0.2, -0.15) is 0 Å². The van der Waals surface area contributed by atoms with E-state index in [0.29, 0.717) is 0 Å². The van der Waals surface area contributed by atoms with Crippen molar-refractivity contribution in [2.24, 2.45) is 0 Å². The molecule has 1 aromatic carbocycles. The Bertz CT molecular complexity index is 704. The van der Waals surface area contributed by atoms with Gasteiger partial charge in [-0.3, -0.25) is 24.1 Å². The Morgan fingerprint density at radius 2 is 1.69 bits per heavy atom. The monoisotopic (exact) mass is 358 g/mol. The molecule has 0 spiro atoms. The number of hydrogen-bond acceptors (Lipinski definition) is 5. The molecule has 1 aromatic rings. The van der Waals surface area contributed by atoms with Crippen molar-refractivity contribution in [3.63, 3.8) is 0 Å². The van der Waals surface area contributed by atoms with E-state index in [1.165, 1.54) is 13.3 Å². The Hall–Kier alpha value is -2.70. The highest BCUT2D eigenvalue weighted by Crippen LogP contribution is 2.22. The zero-order chi connectivity index (χ0) is 18.7. The predicted octanol–water partition coefficient (Wildman–Crippen LogP) is 1.66. The van der Waals surface area contributed by atoms with Crippen molar-refractivity contribution < 1.29 is 23.9 Å². The van der Waals surface area contributed by atoms with Gasteiger partial charge in [-0.05, 0) is 31.9 Å². The fourth-order valence-electron chi connectivity index (χ4n) is 3.37. The molecule has 1 aliphatic heterocycles. The molecule has 0 radical (unpaired) electrons. The summed E-state index contributed by atoms with van der Waals surface area (Å²) in [5, 5.41) is 2.89. The van der Waals surface area contributed by atoms with E-state index < -0.39 is 30.4 Å². The number of benzene rings is 1. The van der Waals surface area contributed by atoms with Crippen molar-refractivity contribution in [2.45, 2.75) is 51.2 Å². The lowest BCUT2D eigenvalue weighted by molar-refractivity contribution is -0.155. The minimum Gasteiger partial charge on any atom is -0.451 e. The number of carbonyl (C=O) groups is 4. The Kier molecular flexibility index (Phi) is 5.35. The van der Waals surface area contributed by atoms with E-state index in [4.69, 9.17) is 4.74 Å². The van der Waals surface area contributed by atoms with Crippen LogP contribution in [0.1, 0.15) is 59.7 Å². The van der Waals surface area contributed by atoms with Gasteiger partial charge in [0.05, 0.1) is 11.1 Å². The molecule has 2 aliphatic rings. The summed E-state index contributed by atoms with van der Waals surface area (Å²) >= 11 is 0. The molecule has 1 heterocycles. The van der Waals surface area contributed by atoms with Crippen LogP contribution in [0.25, 0.3) is 0 Å². The van der Waals surface area contributed by atoms with Crippen LogP contribution >= 0.6 is 0 Å². The van der Waals surface area contributed by atoms with E-state index in [1.54, 1.807) is 24.3 Å². The third kappa shape index (κ3) is 3.76. The van der Waals surface area contributed by atoms with Crippen LogP contribution in [0, 0.1) is 0 Å². The number of amides is 3. The van der Waals surface area contributed by atoms with Crippen LogP contribution in [-0.2, 0) is 14.3 Å². The average Bonchev–Trinajstić information content (AvgIpc) is 2.88. The van der Waals surface area contributed by atoms with Crippen molar-refractivity contribution in [3.8, 4) is 0 Å². The molecule has 3 amide bonds. The molecule has 1 atom stereocenters. The Balaban J connectivity index is 1.53. The van der Waals surface area contributed by atoms with Crippen molar-refractivity contribution >= 4 is 23.7 Å². The zero-order valence-corrected chi connectivity index (χ0v) is 14.7. The van der Waals surface area contributed by atoms with Gasteiger partial charge in [-0.25, -0.2) is 0 Å². The molecule has 0 aromatic heterocycles. The van der Waals surface area contributed by atoms with Gasteiger partial charge in [-0.15, -0.1) is 0 Å². The fraction of sp³-hybridized carbons (Fsp3) is 0.474. The smallest absolute Gasteiger partial charge is 0.326 e. The summed E-state index contributed by atoms with van der Waals surface area (Å²) < 4.78 is 5.11. The molecular formula is C19H22N2O5. The molecule has 3 rings (SSSR count). The third-order valence-corrected chi connectivity index (χ3v) is 4.79. The summed E-state index contributed by atoms with van der Waals surface area (Å²) in [4.78, 5) is 49.6. The second kappa shape index (κ2) is 7.68. The maximum atomic E-state index is 12.2. The van der Waals surface area contributed by atoms with Gasteiger partial charge in [0.2, 0.25) is 0 Å². The lowest BCUT2D eigenvalue weighted by Crippen LogP contribution is -2.44. The highest BCUT2D eigenvalue weighted by atomic mass is 16.5. The highest BCUT2D eigenvalue weighted by molar-refractivity contribution is 6.22. The third-order valence-electron chi connectivity index (χ3n) is 4.79. The minimum atomic E-state index is -0.973. The topological polar surface area (TPSA) is 92.8 Å². The highest BCUT2D eigenvalue weighted by Gasteiger charge is 2.37. The van der Waals surface area contributed by atoms with Gasteiger partial charge >= 0.3 is 5.97 Å². The maximum Gasteiger partial charge on any atom is 0.326 e. The maximum absolute atomic E-state index is 12.2. The van der Waals surface area contributed by atoms with E-state index in [1.807, 2.05) is 0 Å². The van der Waals surface area contributed by atoms with Crippen LogP contribution in [0.3, 0.4) is 0 Å². The molecule has 1 N–H and O–H groups in total. The standard InChI is InChI=1S/C19H22N2O5/c1-12(17(23)20-13-7-3-2-4-8-13)26-16(22)11-21-18(24)14-9-5-6-10-15(14)19(21)25/h5-6,9-10,12-13H,2-4,7-8,11H2,1H3,(H,20,23)/t12-/m1/s1. The van der Waals surface area contributed by atoms with E-state index in [2.05, 4.69) is 5.32 Å². The first kappa shape index (κ1) is 18.1. The minimum absolute atomic E-state index is 0.119. The Morgan fingerprint density at radius 1 is 1.12 bits per heavy atom. The first-order valence-electron chi connectivity index (χ1n) is 8.92. The van der Waals surface area contributed by atoms with Gasteiger partial charge in [-0.1, -0.05) is 31.4 Å². The second-order valence-electron chi connectivity index (χ2n) is 6.72. The molecule has 26 heavy (non-hydrogen) atoms. The number of hydrogen-bond donors (Lipinski definition) is 1. The van der Waals surface area contributed by atoms with Crippen molar-refractivity contribution in [1.29, 1.82) is 0 Å². The van der Waals surface area contributed by atoms with Crippen molar-refractivity contribution in [1.82, 2.24) is 10.2 Å². The zero-order valence-electron chi connectivity index (χ0n) is 14.7. The summed E-state index contributed by atoms with van der Waals surface area (Å²) in [6.45, 7) is 0.978. The largest absolute Gasteiger partial charge is 0.451 e. The first-order valence-corrected chi connectivity index (χ1v) is 8.92. The summed E-state index contributed by atoms with van der Waals surface area (Å²) in [6, 6.07) is 6.52. The van der Waals surface area contributed by atoms with Gasteiger partial charge in [0, 0.05) is 6.04 Å². The van der Waals surface area contributed by atoms with Gasteiger partial charge in [0.25, 0.3) is 17.7 Å². The Morgan fingerprint density at radius 3 is 2.27 bits per heavy atom. The molecule has 0 saturated heterocycles. The molecule has 7 heteroatoms. The van der Waals surface area contributed by atoms with Crippen molar-refractivity contribution in [3.05, 3.63) is 35.4 Å². The molecule has 1 saturated carbocycles. The average molecular weight is 358 g/mol. The predicted molar refractivity (Wildman–Crippen MR) is 92.4 cm³/mol. The lowest BCUT2D eigenvalue weighted by Gasteiger charge is -2.24. The van der Waals surface area contributed by atoms with E-state index >= 15 is 0 Å². The van der Waals surface area contributed by atoms with Gasteiger partial charge in [0.15, 0.2) is 6.10 Å². The molecule has 7 nitrogen and oxygen atoms in total. The van der Waals surface area contributed by atoms with Crippen LogP contribution in [0.2, 0.25) is 0 Å². The van der Waals surface area contributed by atoms with Crippen LogP contribution < -0.4 is 5.32 Å². The van der Waals surface area contributed by atoms with E-state index in [-0.39, 0.29) is 23.1 Å². The first-order chi connectivity index (χ1) is 12.5. The number of fused-ring (bicyclic) bond motifs is 1. The number of ether oxygens (including phenoxy) is 1. The van der Waals surface area contributed by atoms with E-state index in [9.17, 15) is 19.2 Å². The molecule has 138 valence electrons. The van der Waals surface area contributed by atoms with Crippen LogP contribution in [0.5, 0.6) is 0 Å². The summed E-state index contributed by atoms with van der Waals surface area (Å²) in [5.41, 5.74) is 0.543.